The largest absolute Gasteiger partial charge is 0.494 e. The summed E-state index contributed by atoms with van der Waals surface area (Å²) >= 11 is 0. The number of hydrogen-bond donors (Lipinski definition) is 0. The second kappa shape index (κ2) is 13.2. The molecule has 0 bridgehead atoms. The Kier molecular flexibility index (Phi) is 9.03. The number of unbranched alkanes of at least 4 members (excludes halogenated alkanes) is 2. The lowest BCUT2D eigenvalue weighted by atomic mass is 10.1. The van der Waals surface area contributed by atoms with Gasteiger partial charge in [-0.15, -0.1) is 0 Å². The van der Waals surface area contributed by atoms with Gasteiger partial charge in [-0.05, 0) is 85.3 Å². The molecular weight excluding hydrogens is 479 g/mol. The van der Waals surface area contributed by atoms with E-state index in [4.69, 9.17) is 4.74 Å². The minimum atomic E-state index is -1.88. The van der Waals surface area contributed by atoms with Gasteiger partial charge in [0.25, 0.3) is 0 Å². The molecule has 38 heavy (non-hydrogen) atoms. The van der Waals surface area contributed by atoms with Gasteiger partial charge in [-0.25, -0.2) is 0 Å². The second-order valence-electron chi connectivity index (χ2n) is 9.77. The van der Waals surface area contributed by atoms with Crippen molar-refractivity contribution >= 4 is 23.2 Å². The van der Waals surface area contributed by atoms with E-state index in [2.05, 4.69) is 115 Å². The SMILES string of the molecule is c1ccc(OCCCCCc2cccc(C[P+](c3ccccc3)(c3ccccc3)c3ccccc3)c2)cc1. The summed E-state index contributed by atoms with van der Waals surface area (Å²) in [6.45, 7) is 0.780. The van der Waals surface area contributed by atoms with E-state index in [1.54, 1.807) is 0 Å². The predicted molar refractivity (Wildman–Crippen MR) is 165 cm³/mol. The van der Waals surface area contributed by atoms with E-state index < -0.39 is 7.26 Å². The third kappa shape index (κ3) is 6.42. The van der Waals surface area contributed by atoms with Crippen molar-refractivity contribution in [2.45, 2.75) is 31.8 Å². The zero-order chi connectivity index (χ0) is 25.9. The van der Waals surface area contributed by atoms with Gasteiger partial charge in [0.2, 0.25) is 0 Å². The molecule has 0 aromatic heterocycles. The predicted octanol–water partition coefficient (Wildman–Crippen LogP) is 7.97. The van der Waals surface area contributed by atoms with E-state index in [0.717, 1.165) is 31.4 Å². The number of rotatable bonds is 12. The highest BCUT2D eigenvalue weighted by Gasteiger charge is 2.45. The standard InChI is InChI=1S/C36H36OP/c1-7-20-33(21-8-1)37-28-15-5-6-17-31-18-16-19-32(29-31)30-38(34-22-9-2-10-23-34,35-24-11-3-12-25-35)36-26-13-4-14-27-36/h1-4,7-14,16,18-27,29H,5-6,15,17,28,30H2/q+1. The van der Waals surface area contributed by atoms with Crippen LogP contribution in [0.3, 0.4) is 0 Å². The smallest absolute Gasteiger partial charge is 0.119 e. The van der Waals surface area contributed by atoms with Crippen molar-refractivity contribution in [1.29, 1.82) is 0 Å². The maximum Gasteiger partial charge on any atom is 0.119 e. The van der Waals surface area contributed by atoms with Crippen molar-refractivity contribution in [3.8, 4) is 5.75 Å². The van der Waals surface area contributed by atoms with Crippen LogP contribution in [0.2, 0.25) is 0 Å². The van der Waals surface area contributed by atoms with E-state index in [-0.39, 0.29) is 0 Å². The van der Waals surface area contributed by atoms with Gasteiger partial charge < -0.3 is 4.74 Å². The molecule has 2 heteroatoms. The summed E-state index contributed by atoms with van der Waals surface area (Å²) in [5, 5.41) is 4.30. The fourth-order valence-electron chi connectivity index (χ4n) is 5.24. The molecule has 0 unspecified atom stereocenters. The normalized spacial score (nSPS) is 11.3. The van der Waals surface area contributed by atoms with Crippen molar-refractivity contribution in [3.05, 3.63) is 157 Å². The van der Waals surface area contributed by atoms with E-state index in [0.29, 0.717) is 0 Å². The summed E-state index contributed by atoms with van der Waals surface area (Å²) in [6.07, 6.45) is 5.56. The maximum atomic E-state index is 5.86. The molecule has 0 saturated carbocycles. The minimum Gasteiger partial charge on any atom is -0.494 e. The minimum absolute atomic E-state index is 0.780. The second-order valence-corrected chi connectivity index (χ2v) is 13.3. The lowest BCUT2D eigenvalue weighted by Gasteiger charge is -2.28. The van der Waals surface area contributed by atoms with Crippen molar-refractivity contribution < 1.29 is 4.74 Å². The van der Waals surface area contributed by atoms with Crippen LogP contribution in [0.15, 0.2) is 146 Å². The first-order valence-corrected chi connectivity index (χ1v) is 15.6. The summed E-state index contributed by atoms with van der Waals surface area (Å²) in [6, 6.07) is 52.9. The van der Waals surface area contributed by atoms with Crippen LogP contribution in [0, 0.1) is 0 Å². The van der Waals surface area contributed by atoms with Crippen LogP contribution in [-0.4, -0.2) is 6.61 Å². The molecule has 0 aliphatic carbocycles. The monoisotopic (exact) mass is 515 g/mol. The van der Waals surface area contributed by atoms with E-state index in [9.17, 15) is 0 Å². The number of aryl methyl sites for hydroxylation is 1. The van der Waals surface area contributed by atoms with Crippen LogP contribution in [0.4, 0.5) is 0 Å². The summed E-state index contributed by atoms with van der Waals surface area (Å²) < 4.78 is 5.86. The molecule has 5 rings (SSSR count). The molecule has 5 aromatic rings. The average Bonchev–Trinajstić information content (AvgIpc) is 3.00. The highest BCUT2D eigenvalue weighted by Crippen LogP contribution is 2.58. The Morgan fingerprint density at radius 2 is 0.947 bits per heavy atom. The molecule has 0 aliphatic rings. The summed E-state index contributed by atoms with van der Waals surface area (Å²) in [7, 11) is -1.88. The van der Waals surface area contributed by atoms with E-state index in [1.165, 1.54) is 39.9 Å². The molecule has 0 N–H and O–H groups in total. The van der Waals surface area contributed by atoms with Gasteiger partial charge in [0, 0.05) is 0 Å². The van der Waals surface area contributed by atoms with E-state index in [1.807, 2.05) is 30.3 Å². The van der Waals surface area contributed by atoms with Crippen LogP contribution >= 0.6 is 7.26 Å². The number of para-hydroxylation sites is 1. The van der Waals surface area contributed by atoms with Gasteiger partial charge in [0.1, 0.15) is 28.9 Å². The fourth-order valence-corrected chi connectivity index (χ4v) is 9.47. The Morgan fingerprint density at radius 3 is 1.50 bits per heavy atom. The van der Waals surface area contributed by atoms with E-state index >= 15 is 0 Å². The van der Waals surface area contributed by atoms with Crippen molar-refractivity contribution in [3.63, 3.8) is 0 Å². The number of hydrogen-bond acceptors (Lipinski definition) is 1. The van der Waals surface area contributed by atoms with Crippen molar-refractivity contribution in [1.82, 2.24) is 0 Å². The Balaban J connectivity index is 1.34. The Bertz CT molecular complexity index is 1270. The third-order valence-electron chi connectivity index (χ3n) is 7.12. The average molecular weight is 516 g/mol. The molecule has 0 saturated heterocycles. The fraction of sp³-hybridized carbons (Fsp3) is 0.167. The van der Waals surface area contributed by atoms with Crippen LogP contribution in [0.5, 0.6) is 5.75 Å². The molecule has 0 heterocycles. The quantitative estimate of drug-likeness (QED) is 0.121. The molecule has 0 spiro atoms. The number of benzene rings is 5. The first kappa shape index (κ1) is 26.0. The lowest BCUT2D eigenvalue weighted by molar-refractivity contribution is 0.305. The van der Waals surface area contributed by atoms with Crippen LogP contribution in [0.25, 0.3) is 0 Å². The molecule has 0 aliphatic heterocycles. The maximum absolute atomic E-state index is 5.86. The summed E-state index contributed by atoms with van der Waals surface area (Å²) in [5.74, 6) is 0.960. The van der Waals surface area contributed by atoms with Crippen molar-refractivity contribution in [2.24, 2.45) is 0 Å². The third-order valence-corrected chi connectivity index (χ3v) is 11.5. The molecule has 0 radical (unpaired) electrons. The molecule has 1 nitrogen and oxygen atoms in total. The molecule has 5 aromatic carbocycles. The van der Waals surface area contributed by atoms with Crippen LogP contribution in [-0.2, 0) is 12.6 Å². The first-order chi connectivity index (χ1) is 18.8. The van der Waals surface area contributed by atoms with Crippen LogP contribution < -0.4 is 20.7 Å². The molecule has 0 fully saturated rings. The summed E-state index contributed by atoms with van der Waals surface area (Å²) in [4.78, 5) is 0. The van der Waals surface area contributed by atoms with Gasteiger partial charge in [-0.3, -0.25) is 0 Å². The first-order valence-electron chi connectivity index (χ1n) is 13.7. The van der Waals surface area contributed by atoms with Gasteiger partial charge in [-0.1, -0.05) is 97.1 Å². The Morgan fingerprint density at radius 1 is 0.447 bits per heavy atom. The topological polar surface area (TPSA) is 9.23 Å². The Hall–Kier alpha value is -3.67. The zero-order valence-electron chi connectivity index (χ0n) is 22.0. The van der Waals surface area contributed by atoms with Gasteiger partial charge in [0.15, 0.2) is 0 Å². The molecule has 0 amide bonds. The summed E-state index contributed by atoms with van der Waals surface area (Å²) in [5.41, 5.74) is 2.85. The van der Waals surface area contributed by atoms with Crippen LogP contribution in [0.1, 0.15) is 30.4 Å². The highest BCUT2D eigenvalue weighted by atomic mass is 31.2. The van der Waals surface area contributed by atoms with Gasteiger partial charge >= 0.3 is 0 Å². The number of ether oxygens (including phenoxy) is 1. The lowest BCUT2D eigenvalue weighted by Crippen LogP contribution is -2.32. The molecular formula is C36H36OP+. The molecule has 0 atom stereocenters. The van der Waals surface area contributed by atoms with Gasteiger partial charge in [0.05, 0.1) is 12.8 Å². The molecule has 190 valence electrons. The zero-order valence-corrected chi connectivity index (χ0v) is 22.8. The van der Waals surface area contributed by atoms with Crippen molar-refractivity contribution in [2.75, 3.05) is 6.61 Å². The van der Waals surface area contributed by atoms with Gasteiger partial charge in [-0.2, -0.15) is 0 Å². The highest BCUT2D eigenvalue weighted by molar-refractivity contribution is 7.95. The Labute approximate surface area is 228 Å².